The third-order valence-corrected chi connectivity index (χ3v) is 5.71. The van der Waals surface area contributed by atoms with Crippen molar-refractivity contribution in [3.05, 3.63) is 74.7 Å². The van der Waals surface area contributed by atoms with Crippen LogP contribution in [0.4, 0.5) is 16.6 Å². The lowest BCUT2D eigenvalue weighted by Gasteiger charge is -2.09. The normalized spacial score (nSPS) is 12.1. The molecule has 0 saturated carbocycles. The van der Waals surface area contributed by atoms with Crippen molar-refractivity contribution in [2.45, 2.75) is 33.4 Å². The molecule has 0 amide bonds. The number of aromatic nitrogens is 6. The quantitative estimate of drug-likeness (QED) is 0.354. The standard InChI is InChI=1S/C19H20N8O2S/c1-12-17(27(28)29)13(2)26(23-12)14(3)18-21-22-19(30-18)20-16-9-10-25(24-16)11-15-7-5-4-6-8-15/h4-10,14H,11H2,1-3H3,(H,20,22,24). The third kappa shape index (κ3) is 3.92. The smallest absolute Gasteiger partial charge is 0.312 e. The fourth-order valence-electron chi connectivity index (χ4n) is 3.25. The van der Waals surface area contributed by atoms with Crippen LogP contribution in [0.25, 0.3) is 0 Å². The van der Waals surface area contributed by atoms with Gasteiger partial charge >= 0.3 is 5.69 Å². The largest absolute Gasteiger partial charge is 0.313 e. The lowest BCUT2D eigenvalue weighted by Crippen LogP contribution is -2.10. The van der Waals surface area contributed by atoms with Crippen LogP contribution in [0.3, 0.4) is 0 Å². The summed E-state index contributed by atoms with van der Waals surface area (Å²) in [5.74, 6) is 0.669. The Morgan fingerprint density at radius 1 is 1.17 bits per heavy atom. The average molecular weight is 424 g/mol. The van der Waals surface area contributed by atoms with Gasteiger partial charge in [0.05, 0.1) is 11.5 Å². The van der Waals surface area contributed by atoms with Gasteiger partial charge in [0, 0.05) is 12.3 Å². The van der Waals surface area contributed by atoms with E-state index in [1.54, 1.807) is 18.5 Å². The molecule has 154 valence electrons. The van der Waals surface area contributed by atoms with E-state index in [-0.39, 0.29) is 11.7 Å². The number of anilines is 2. The predicted molar refractivity (Wildman–Crippen MR) is 113 cm³/mol. The maximum Gasteiger partial charge on any atom is 0.312 e. The zero-order chi connectivity index (χ0) is 21.3. The topological polar surface area (TPSA) is 117 Å². The van der Waals surface area contributed by atoms with Crippen LogP contribution in [0.5, 0.6) is 0 Å². The van der Waals surface area contributed by atoms with Crippen LogP contribution in [0.15, 0.2) is 42.6 Å². The van der Waals surface area contributed by atoms with Gasteiger partial charge in [-0.05, 0) is 26.3 Å². The van der Waals surface area contributed by atoms with Crippen LogP contribution in [0, 0.1) is 24.0 Å². The Bertz CT molecular complexity index is 1180. The molecule has 0 radical (unpaired) electrons. The van der Waals surface area contributed by atoms with Crippen LogP contribution in [0.1, 0.15) is 34.9 Å². The van der Waals surface area contributed by atoms with Crippen molar-refractivity contribution >= 4 is 28.0 Å². The van der Waals surface area contributed by atoms with Crippen molar-refractivity contribution < 1.29 is 4.92 Å². The molecule has 0 aliphatic heterocycles. The molecule has 0 bridgehead atoms. The minimum absolute atomic E-state index is 0.0358. The summed E-state index contributed by atoms with van der Waals surface area (Å²) in [4.78, 5) is 10.8. The molecule has 0 saturated heterocycles. The van der Waals surface area contributed by atoms with E-state index in [9.17, 15) is 10.1 Å². The predicted octanol–water partition coefficient (Wildman–Crippen LogP) is 3.86. The van der Waals surface area contributed by atoms with Gasteiger partial charge < -0.3 is 5.32 Å². The molecule has 0 fully saturated rings. The number of aryl methyl sites for hydroxylation is 1. The van der Waals surface area contributed by atoms with Crippen LogP contribution in [0.2, 0.25) is 0 Å². The maximum atomic E-state index is 11.2. The second-order valence-electron chi connectivity index (χ2n) is 6.85. The number of benzene rings is 1. The lowest BCUT2D eigenvalue weighted by molar-refractivity contribution is -0.386. The molecule has 3 heterocycles. The highest BCUT2D eigenvalue weighted by atomic mass is 32.1. The van der Waals surface area contributed by atoms with E-state index in [0.717, 1.165) is 5.56 Å². The molecule has 11 heteroatoms. The number of nitrogens with zero attached hydrogens (tertiary/aromatic N) is 7. The van der Waals surface area contributed by atoms with E-state index < -0.39 is 4.92 Å². The zero-order valence-electron chi connectivity index (χ0n) is 16.7. The third-order valence-electron chi connectivity index (χ3n) is 4.70. The van der Waals surface area contributed by atoms with E-state index in [2.05, 4.69) is 37.8 Å². The summed E-state index contributed by atoms with van der Waals surface area (Å²) in [6, 6.07) is 11.7. The molecular formula is C19H20N8O2S. The van der Waals surface area contributed by atoms with E-state index in [1.807, 2.05) is 42.1 Å². The Morgan fingerprint density at radius 3 is 2.63 bits per heavy atom. The zero-order valence-corrected chi connectivity index (χ0v) is 17.5. The van der Waals surface area contributed by atoms with E-state index in [0.29, 0.717) is 33.9 Å². The Balaban J connectivity index is 1.47. The Morgan fingerprint density at radius 2 is 1.93 bits per heavy atom. The first kappa shape index (κ1) is 19.7. The number of nitro groups is 1. The molecular weight excluding hydrogens is 404 g/mol. The van der Waals surface area contributed by atoms with Gasteiger partial charge in [0.1, 0.15) is 22.4 Å². The Labute approximate surface area is 176 Å². The van der Waals surface area contributed by atoms with Gasteiger partial charge in [-0.1, -0.05) is 41.7 Å². The lowest BCUT2D eigenvalue weighted by atomic mass is 10.2. The van der Waals surface area contributed by atoms with Gasteiger partial charge in [-0.3, -0.25) is 19.5 Å². The monoisotopic (exact) mass is 424 g/mol. The maximum absolute atomic E-state index is 11.2. The van der Waals surface area contributed by atoms with Crippen LogP contribution in [-0.4, -0.2) is 34.7 Å². The first-order valence-electron chi connectivity index (χ1n) is 9.30. The summed E-state index contributed by atoms with van der Waals surface area (Å²) >= 11 is 1.36. The number of nitrogens with one attached hydrogen (secondary N) is 1. The summed E-state index contributed by atoms with van der Waals surface area (Å²) < 4.78 is 3.46. The van der Waals surface area contributed by atoms with Gasteiger partial charge in [-0.25, -0.2) is 0 Å². The second-order valence-corrected chi connectivity index (χ2v) is 7.86. The molecule has 0 aliphatic rings. The van der Waals surface area contributed by atoms with Gasteiger partial charge in [-0.2, -0.15) is 10.2 Å². The molecule has 0 spiro atoms. The number of hydrogen-bond donors (Lipinski definition) is 1. The summed E-state index contributed by atoms with van der Waals surface area (Å²) in [6.07, 6.45) is 1.90. The van der Waals surface area contributed by atoms with E-state index in [1.165, 1.54) is 11.3 Å². The summed E-state index contributed by atoms with van der Waals surface area (Å²) in [5, 5.41) is 32.9. The summed E-state index contributed by atoms with van der Waals surface area (Å²) in [6.45, 7) is 5.89. The summed E-state index contributed by atoms with van der Waals surface area (Å²) in [5.41, 5.74) is 2.08. The van der Waals surface area contributed by atoms with Gasteiger partial charge in [0.25, 0.3) is 0 Å². The molecule has 1 atom stereocenters. The van der Waals surface area contributed by atoms with Crippen molar-refractivity contribution in [2.75, 3.05) is 5.32 Å². The molecule has 4 rings (SSSR count). The highest BCUT2D eigenvalue weighted by molar-refractivity contribution is 7.15. The fourth-order valence-corrected chi connectivity index (χ4v) is 4.04. The molecule has 1 aromatic carbocycles. The van der Waals surface area contributed by atoms with Gasteiger partial charge in [-0.15, -0.1) is 10.2 Å². The second kappa shape index (κ2) is 8.03. The molecule has 4 aromatic rings. The first-order chi connectivity index (χ1) is 14.4. The fraction of sp³-hybridized carbons (Fsp3) is 0.263. The summed E-state index contributed by atoms with van der Waals surface area (Å²) in [7, 11) is 0. The molecule has 10 nitrogen and oxygen atoms in total. The average Bonchev–Trinajstić information content (AvgIpc) is 3.42. The van der Waals surface area contributed by atoms with Crippen molar-refractivity contribution in [1.82, 2.24) is 29.8 Å². The minimum Gasteiger partial charge on any atom is -0.313 e. The first-order valence-corrected chi connectivity index (χ1v) is 10.1. The number of rotatable bonds is 7. The Kier molecular flexibility index (Phi) is 5.27. The van der Waals surface area contributed by atoms with Crippen LogP contribution >= 0.6 is 11.3 Å². The SMILES string of the molecule is Cc1nn(C(C)c2nnc(Nc3ccn(Cc4ccccc4)n3)s2)c(C)c1[N+](=O)[O-]. The van der Waals surface area contributed by atoms with Crippen molar-refractivity contribution in [1.29, 1.82) is 0 Å². The molecule has 30 heavy (non-hydrogen) atoms. The van der Waals surface area contributed by atoms with Crippen LogP contribution in [-0.2, 0) is 6.54 Å². The van der Waals surface area contributed by atoms with Crippen LogP contribution < -0.4 is 5.32 Å². The van der Waals surface area contributed by atoms with Crippen molar-refractivity contribution in [3.8, 4) is 0 Å². The van der Waals surface area contributed by atoms with E-state index in [4.69, 9.17) is 0 Å². The van der Waals surface area contributed by atoms with E-state index >= 15 is 0 Å². The molecule has 0 aliphatic carbocycles. The molecule has 3 aromatic heterocycles. The van der Waals surface area contributed by atoms with Gasteiger partial charge in [0.2, 0.25) is 5.13 Å². The van der Waals surface area contributed by atoms with Gasteiger partial charge in [0.15, 0.2) is 5.82 Å². The van der Waals surface area contributed by atoms with Crippen molar-refractivity contribution in [2.24, 2.45) is 0 Å². The Hall–Kier alpha value is -3.60. The number of hydrogen-bond acceptors (Lipinski definition) is 8. The van der Waals surface area contributed by atoms with Crippen molar-refractivity contribution in [3.63, 3.8) is 0 Å². The molecule has 1 N–H and O–H groups in total. The highest BCUT2D eigenvalue weighted by Gasteiger charge is 2.26. The highest BCUT2D eigenvalue weighted by Crippen LogP contribution is 2.30. The minimum atomic E-state index is -0.403. The molecule has 1 unspecified atom stereocenters.